The topological polar surface area (TPSA) is 48.4 Å². The van der Waals surface area contributed by atoms with E-state index >= 15 is 0 Å². The summed E-state index contributed by atoms with van der Waals surface area (Å²) in [5, 5.41) is 12.3. The summed E-state index contributed by atoms with van der Waals surface area (Å²) in [6.45, 7) is 0.756. The zero-order valence-corrected chi connectivity index (χ0v) is 6.86. The first-order valence-corrected chi connectivity index (χ1v) is 3.85. The smallest absolute Gasteiger partial charge is 0.184 e. The van der Waals surface area contributed by atoms with Gasteiger partial charge in [-0.3, -0.25) is 9.88 Å². The third-order valence-corrected chi connectivity index (χ3v) is 2.03. The van der Waals surface area contributed by atoms with Crippen molar-refractivity contribution in [1.29, 1.82) is 0 Å². The average Bonchev–Trinajstić information content (AvgIpc) is 2.07. The van der Waals surface area contributed by atoms with Crippen LogP contribution in [0.15, 0.2) is 18.5 Å². The van der Waals surface area contributed by atoms with E-state index in [9.17, 15) is 5.11 Å². The minimum atomic E-state index is -0.596. The monoisotopic (exact) mass is 165 g/mol. The molecule has 12 heavy (non-hydrogen) atoms. The summed E-state index contributed by atoms with van der Waals surface area (Å²) < 4.78 is 0. The molecule has 1 aliphatic heterocycles. The Morgan fingerprint density at radius 3 is 3.42 bits per heavy atom. The Balaban J connectivity index is 2.34. The molecule has 1 aliphatic rings. The number of aromatic nitrogens is 1. The van der Waals surface area contributed by atoms with Gasteiger partial charge in [0.2, 0.25) is 0 Å². The molecule has 1 atom stereocenters. The summed E-state index contributed by atoms with van der Waals surface area (Å²) in [6.07, 6.45) is 2.89. The molecule has 0 aromatic carbocycles. The van der Waals surface area contributed by atoms with E-state index in [0.29, 0.717) is 0 Å². The van der Waals surface area contributed by atoms with E-state index in [1.54, 1.807) is 12.4 Å². The second-order valence-electron chi connectivity index (χ2n) is 2.97. The minimum absolute atomic E-state index is 0.596. The highest BCUT2D eigenvalue weighted by Crippen LogP contribution is 2.21. The lowest BCUT2D eigenvalue weighted by Crippen LogP contribution is -2.41. The van der Waals surface area contributed by atoms with Crippen LogP contribution >= 0.6 is 0 Å². The zero-order valence-electron chi connectivity index (χ0n) is 6.86. The van der Waals surface area contributed by atoms with Gasteiger partial charge in [0.25, 0.3) is 0 Å². The molecular formula is C8H11N3O. The first-order chi connectivity index (χ1) is 5.77. The van der Waals surface area contributed by atoms with Crippen molar-refractivity contribution < 1.29 is 5.11 Å². The molecule has 0 amide bonds. The summed E-state index contributed by atoms with van der Waals surface area (Å²) in [5.41, 5.74) is 2.08. The van der Waals surface area contributed by atoms with Gasteiger partial charge in [-0.2, -0.15) is 0 Å². The lowest BCUT2D eigenvalue weighted by atomic mass is 10.2. The van der Waals surface area contributed by atoms with Gasteiger partial charge in [0.1, 0.15) is 0 Å². The summed E-state index contributed by atoms with van der Waals surface area (Å²) in [5.74, 6) is 0. The number of hydrogen-bond donors (Lipinski definition) is 2. The Bertz CT molecular complexity index is 260. The Kier molecular flexibility index (Phi) is 1.71. The average molecular weight is 165 g/mol. The molecule has 0 radical (unpaired) electrons. The molecule has 0 spiro atoms. The summed E-state index contributed by atoms with van der Waals surface area (Å²) in [6, 6.07) is 1.95. The molecule has 0 bridgehead atoms. The maximum atomic E-state index is 9.41. The standard InChI is InChI=1S/C8H11N3O/c1-11-5-6-2-3-9-4-7(6)10-8(11)12/h2-4,8,10,12H,5H2,1H3. The zero-order chi connectivity index (χ0) is 8.55. The van der Waals surface area contributed by atoms with Gasteiger partial charge in [-0.1, -0.05) is 0 Å². The number of nitrogens with zero attached hydrogens (tertiary/aromatic N) is 2. The highest BCUT2D eigenvalue weighted by molar-refractivity contribution is 5.50. The number of nitrogens with one attached hydrogen (secondary N) is 1. The number of aliphatic hydroxyl groups is 1. The Hall–Kier alpha value is -1.13. The normalized spacial score (nSPS) is 23.0. The molecule has 64 valence electrons. The fourth-order valence-corrected chi connectivity index (χ4v) is 1.30. The molecule has 0 fully saturated rings. The molecule has 2 rings (SSSR count). The molecule has 0 aliphatic carbocycles. The van der Waals surface area contributed by atoms with E-state index in [4.69, 9.17) is 0 Å². The first kappa shape index (κ1) is 7.52. The van der Waals surface area contributed by atoms with Gasteiger partial charge in [-0.15, -0.1) is 0 Å². The van der Waals surface area contributed by atoms with E-state index in [1.165, 1.54) is 0 Å². The maximum absolute atomic E-state index is 9.41. The Morgan fingerprint density at radius 1 is 1.75 bits per heavy atom. The third kappa shape index (κ3) is 1.15. The number of anilines is 1. The van der Waals surface area contributed by atoms with Gasteiger partial charge in [0, 0.05) is 12.7 Å². The van der Waals surface area contributed by atoms with Gasteiger partial charge in [-0.25, -0.2) is 0 Å². The molecule has 4 heteroatoms. The van der Waals surface area contributed by atoms with E-state index in [-0.39, 0.29) is 0 Å². The van der Waals surface area contributed by atoms with Crippen LogP contribution in [-0.4, -0.2) is 28.4 Å². The number of hydrogen-bond acceptors (Lipinski definition) is 4. The van der Waals surface area contributed by atoms with Crippen LogP contribution in [0.4, 0.5) is 5.69 Å². The number of rotatable bonds is 0. The Labute approximate surface area is 70.8 Å². The van der Waals surface area contributed by atoms with Crippen LogP contribution in [0, 0.1) is 0 Å². The predicted molar refractivity (Wildman–Crippen MR) is 45.3 cm³/mol. The van der Waals surface area contributed by atoms with Crippen molar-refractivity contribution in [1.82, 2.24) is 9.88 Å². The molecular weight excluding hydrogens is 154 g/mol. The number of aliphatic hydroxyl groups excluding tert-OH is 1. The van der Waals surface area contributed by atoms with Crippen molar-refractivity contribution >= 4 is 5.69 Å². The first-order valence-electron chi connectivity index (χ1n) is 3.85. The fraction of sp³-hybridized carbons (Fsp3) is 0.375. The summed E-state index contributed by atoms with van der Waals surface area (Å²) in [4.78, 5) is 5.79. The van der Waals surface area contributed by atoms with Crippen molar-refractivity contribution in [2.75, 3.05) is 12.4 Å². The molecule has 1 unspecified atom stereocenters. The van der Waals surface area contributed by atoms with E-state index < -0.39 is 6.35 Å². The predicted octanol–water partition coefficient (Wildman–Crippen LogP) is 0.215. The maximum Gasteiger partial charge on any atom is 0.184 e. The van der Waals surface area contributed by atoms with Crippen LogP contribution in [-0.2, 0) is 6.54 Å². The number of pyridine rings is 1. The van der Waals surface area contributed by atoms with Gasteiger partial charge >= 0.3 is 0 Å². The molecule has 1 aromatic heterocycles. The van der Waals surface area contributed by atoms with Crippen LogP contribution in [0.3, 0.4) is 0 Å². The molecule has 2 heterocycles. The van der Waals surface area contributed by atoms with Gasteiger partial charge in [0.15, 0.2) is 6.35 Å². The van der Waals surface area contributed by atoms with Crippen LogP contribution < -0.4 is 5.32 Å². The van der Waals surface area contributed by atoms with Gasteiger partial charge in [0.05, 0.1) is 11.9 Å². The molecule has 1 aromatic rings. The van der Waals surface area contributed by atoms with Gasteiger partial charge in [-0.05, 0) is 18.7 Å². The second kappa shape index (κ2) is 2.73. The highest BCUT2D eigenvalue weighted by Gasteiger charge is 2.19. The van der Waals surface area contributed by atoms with Gasteiger partial charge < -0.3 is 10.4 Å². The fourth-order valence-electron chi connectivity index (χ4n) is 1.30. The van der Waals surface area contributed by atoms with E-state index in [2.05, 4.69) is 10.3 Å². The number of fused-ring (bicyclic) bond motifs is 1. The lowest BCUT2D eigenvalue weighted by Gasteiger charge is -2.31. The molecule has 0 saturated heterocycles. The minimum Gasteiger partial charge on any atom is -0.361 e. The SMILES string of the molecule is CN1Cc2ccncc2NC1O. The Morgan fingerprint density at radius 2 is 2.58 bits per heavy atom. The van der Waals surface area contributed by atoms with Crippen molar-refractivity contribution in [3.63, 3.8) is 0 Å². The summed E-state index contributed by atoms with van der Waals surface area (Å²) >= 11 is 0. The second-order valence-corrected chi connectivity index (χ2v) is 2.97. The largest absolute Gasteiger partial charge is 0.361 e. The molecule has 2 N–H and O–H groups in total. The summed E-state index contributed by atoms with van der Waals surface area (Å²) in [7, 11) is 1.86. The lowest BCUT2D eigenvalue weighted by molar-refractivity contribution is 0.0347. The quantitative estimate of drug-likeness (QED) is 0.577. The van der Waals surface area contributed by atoms with Crippen LogP contribution in [0.2, 0.25) is 0 Å². The van der Waals surface area contributed by atoms with E-state index in [0.717, 1.165) is 17.8 Å². The van der Waals surface area contributed by atoms with Crippen molar-refractivity contribution in [2.24, 2.45) is 0 Å². The van der Waals surface area contributed by atoms with Crippen molar-refractivity contribution in [3.05, 3.63) is 24.0 Å². The van der Waals surface area contributed by atoms with E-state index in [1.807, 2.05) is 18.0 Å². The van der Waals surface area contributed by atoms with Crippen molar-refractivity contribution in [2.45, 2.75) is 12.9 Å². The van der Waals surface area contributed by atoms with Crippen LogP contribution in [0.5, 0.6) is 0 Å². The van der Waals surface area contributed by atoms with Crippen LogP contribution in [0.25, 0.3) is 0 Å². The third-order valence-electron chi connectivity index (χ3n) is 2.03. The van der Waals surface area contributed by atoms with Crippen molar-refractivity contribution in [3.8, 4) is 0 Å². The molecule has 4 nitrogen and oxygen atoms in total. The molecule has 0 saturated carbocycles. The van der Waals surface area contributed by atoms with Crippen LogP contribution in [0.1, 0.15) is 5.56 Å². The highest BCUT2D eigenvalue weighted by atomic mass is 16.3.